The van der Waals surface area contributed by atoms with Crippen LogP contribution in [0.4, 0.5) is 5.69 Å². The summed E-state index contributed by atoms with van der Waals surface area (Å²) in [5, 5.41) is 3.28. The molecule has 0 aromatic heterocycles. The van der Waals surface area contributed by atoms with Crippen LogP contribution in [0.15, 0.2) is 24.3 Å². The molecule has 0 bridgehead atoms. The van der Waals surface area contributed by atoms with Crippen LogP contribution in [0.5, 0.6) is 5.75 Å². The highest BCUT2D eigenvalue weighted by atomic mass is 16.5. The van der Waals surface area contributed by atoms with E-state index < -0.39 is 0 Å². The van der Waals surface area contributed by atoms with Crippen molar-refractivity contribution in [3.8, 4) is 5.75 Å². The smallest absolute Gasteiger partial charge is 0.122 e. The Kier molecular flexibility index (Phi) is 2.97. The first-order valence-corrected chi connectivity index (χ1v) is 4.01. The molecule has 0 spiro atoms. The topological polar surface area (TPSA) is 21.3 Å². The van der Waals surface area contributed by atoms with Gasteiger partial charge in [0, 0.05) is 11.7 Å². The predicted molar refractivity (Wildman–Crippen MR) is 51.2 cm³/mol. The molecular formula is C10H14NO. The third-order valence-corrected chi connectivity index (χ3v) is 1.48. The van der Waals surface area contributed by atoms with Crippen LogP contribution in [0.2, 0.25) is 0 Å². The average Bonchev–Trinajstić information content (AvgIpc) is 2.05. The second-order valence-corrected chi connectivity index (χ2v) is 2.97. The van der Waals surface area contributed by atoms with Gasteiger partial charge in [-0.15, -0.1) is 0 Å². The van der Waals surface area contributed by atoms with Crippen molar-refractivity contribution in [3.63, 3.8) is 0 Å². The van der Waals surface area contributed by atoms with Crippen LogP contribution in [-0.2, 0) is 0 Å². The first-order valence-electron chi connectivity index (χ1n) is 4.01. The zero-order valence-corrected chi connectivity index (χ0v) is 7.50. The van der Waals surface area contributed by atoms with Crippen LogP contribution in [-0.4, -0.2) is 6.04 Å². The lowest BCUT2D eigenvalue weighted by Gasteiger charge is -2.09. The summed E-state index contributed by atoms with van der Waals surface area (Å²) in [6, 6.07) is 8.17. The molecule has 1 rings (SSSR count). The van der Waals surface area contributed by atoms with E-state index in [4.69, 9.17) is 4.74 Å². The van der Waals surface area contributed by atoms with E-state index in [1.54, 1.807) is 0 Å². The monoisotopic (exact) mass is 164 g/mol. The number of benzene rings is 1. The van der Waals surface area contributed by atoms with Crippen LogP contribution in [0, 0.1) is 7.11 Å². The molecule has 0 unspecified atom stereocenters. The molecule has 12 heavy (non-hydrogen) atoms. The lowest BCUT2D eigenvalue weighted by molar-refractivity contribution is 0.473. The zero-order chi connectivity index (χ0) is 8.97. The molecule has 2 nitrogen and oxygen atoms in total. The van der Waals surface area contributed by atoms with Crippen LogP contribution in [0.3, 0.4) is 0 Å². The van der Waals surface area contributed by atoms with Crippen molar-refractivity contribution in [3.05, 3.63) is 31.4 Å². The van der Waals surface area contributed by atoms with E-state index in [1.807, 2.05) is 24.3 Å². The van der Waals surface area contributed by atoms with Gasteiger partial charge < -0.3 is 10.1 Å². The molecule has 0 aliphatic carbocycles. The van der Waals surface area contributed by atoms with E-state index in [9.17, 15) is 0 Å². The van der Waals surface area contributed by atoms with Gasteiger partial charge in [-0.2, -0.15) is 0 Å². The van der Waals surface area contributed by atoms with Crippen molar-refractivity contribution < 1.29 is 4.74 Å². The van der Waals surface area contributed by atoms with E-state index in [0.29, 0.717) is 6.04 Å². The first-order chi connectivity index (χ1) is 5.72. The summed E-state index contributed by atoms with van der Waals surface area (Å²) in [4.78, 5) is 0. The normalized spacial score (nSPS) is 10.0. The largest absolute Gasteiger partial charge is 0.490 e. The fourth-order valence-corrected chi connectivity index (χ4v) is 0.981. The summed E-state index contributed by atoms with van der Waals surface area (Å²) in [5.74, 6) is 0.782. The van der Waals surface area contributed by atoms with Gasteiger partial charge in [0.25, 0.3) is 0 Å². The minimum absolute atomic E-state index is 0.455. The molecule has 0 aliphatic rings. The van der Waals surface area contributed by atoms with Gasteiger partial charge >= 0.3 is 0 Å². The van der Waals surface area contributed by atoms with E-state index >= 15 is 0 Å². The summed E-state index contributed by atoms with van der Waals surface area (Å²) < 4.78 is 4.80. The van der Waals surface area contributed by atoms with Gasteiger partial charge in [-0.1, -0.05) is 0 Å². The standard InChI is InChI=1S/C10H14NO/c1-8(2)11-9-4-6-10(12-3)7-5-9/h4-8,11H,3H2,1-2H3. The predicted octanol–water partition coefficient (Wildman–Crippen LogP) is 2.68. The number of hydrogen-bond donors (Lipinski definition) is 1. The van der Waals surface area contributed by atoms with Gasteiger partial charge in [-0.05, 0) is 38.1 Å². The second-order valence-electron chi connectivity index (χ2n) is 2.97. The van der Waals surface area contributed by atoms with Crippen molar-refractivity contribution in [1.82, 2.24) is 0 Å². The highest BCUT2D eigenvalue weighted by molar-refractivity contribution is 5.46. The molecule has 0 saturated heterocycles. The van der Waals surface area contributed by atoms with Crippen molar-refractivity contribution in [2.75, 3.05) is 5.32 Å². The minimum Gasteiger partial charge on any atom is -0.490 e. The molecule has 0 atom stereocenters. The molecule has 2 heteroatoms. The molecular weight excluding hydrogens is 150 g/mol. The quantitative estimate of drug-likeness (QED) is 0.741. The Labute approximate surface area is 73.6 Å². The van der Waals surface area contributed by atoms with Crippen LogP contribution in [0.1, 0.15) is 13.8 Å². The van der Waals surface area contributed by atoms with Crippen molar-refractivity contribution >= 4 is 5.69 Å². The highest BCUT2D eigenvalue weighted by Gasteiger charge is 1.94. The number of nitrogens with one attached hydrogen (secondary N) is 1. The van der Waals surface area contributed by atoms with Crippen LogP contribution in [0.25, 0.3) is 0 Å². The van der Waals surface area contributed by atoms with Crippen LogP contribution < -0.4 is 10.1 Å². The molecule has 0 aliphatic heterocycles. The molecule has 0 fully saturated rings. The molecule has 65 valence electrons. The van der Waals surface area contributed by atoms with E-state index in [-0.39, 0.29) is 0 Å². The van der Waals surface area contributed by atoms with Gasteiger partial charge in [-0.3, -0.25) is 0 Å². The Morgan fingerprint density at radius 2 is 1.83 bits per heavy atom. The third-order valence-electron chi connectivity index (χ3n) is 1.48. The minimum atomic E-state index is 0.455. The first kappa shape index (κ1) is 8.91. The van der Waals surface area contributed by atoms with Crippen molar-refractivity contribution in [2.24, 2.45) is 0 Å². The summed E-state index contributed by atoms with van der Waals surface area (Å²) in [7, 11) is 3.33. The van der Waals surface area contributed by atoms with Gasteiger partial charge in [0.15, 0.2) is 0 Å². The number of rotatable bonds is 3. The maximum atomic E-state index is 4.80. The van der Waals surface area contributed by atoms with Crippen LogP contribution >= 0.6 is 0 Å². The molecule has 1 aromatic carbocycles. The Morgan fingerprint density at radius 1 is 1.25 bits per heavy atom. The van der Waals surface area contributed by atoms with E-state index in [2.05, 4.69) is 26.3 Å². The third kappa shape index (κ3) is 2.46. The van der Waals surface area contributed by atoms with E-state index in [0.717, 1.165) is 11.4 Å². The Hall–Kier alpha value is -1.18. The molecule has 0 amide bonds. The van der Waals surface area contributed by atoms with Gasteiger partial charge in [0.05, 0.1) is 0 Å². The second kappa shape index (κ2) is 4.00. The number of hydrogen-bond acceptors (Lipinski definition) is 2. The van der Waals surface area contributed by atoms with Crippen molar-refractivity contribution in [1.29, 1.82) is 0 Å². The van der Waals surface area contributed by atoms with Gasteiger partial charge in [0.1, 0.15) is 12.9 Å². The zero-order valence-electron chi connectivity index (χ0n) is 7.50. The lowest BCUT2D eigenvalue weighted by Crippen LogP contribution is -2.09. The van der Waals surface area contributed by atoms with Gasteiger partial charge in [-0.25, -0.2) is 0 Å². The fourth-order valence-electron chi connectivity index (χ4n) is 0.981. The summed E-state index contributed by atoms with van der Waals surface area (Å²) in [6.45, 7) is 4.21. The Bertz CT molecular complexity index is 228. The van der Waals surface area contributed by atoms with E-state index in [1.165, 1.54) is 0 Å². The fraction of sp³-hybridized carbons (Fsp3) is 0.300. The summed E-state index contributed by atoms with van der Waals surface area (Å²) in [5.41, 5.74) is 1.10. The Balaban J connectivity index is 2.65. The molecule has 1 N–H and O–H groups in total. The van der Waals surface area contributed by atoms with Crippen molar-refractivity contribution in [2.45, 2.75) is 19.9 Å². The molecule has 0 saturated carbocycles. The summed E-state index contributed by atoms with van der Waals surface area (Å²) >= 11 is 0. The Morgan fingerprint density at radius 3 is 2.25 bits per heavy atom. The average molecular weight is 164 g/mol. The maximum absolute atomic E-state index is 4.80. The molecule has 1 aromatic rings. The SMILES string of the molecule is [CH2]Oc1ccc(NC(C)C)cc1. The lowest BCUT2D eigenvalue weighted by atomic mass is 10.3. The number of anilines is 1. The summed E-state index contributed by atoms with van der Waals surface area (Å²) in [6.07, 6.45) is 0. The highest BCUT2D eigenvalue weighted by Crippen LogP contribution is 2.15. The maximum Gasteiger partial charge on any atom is 0.122 e. The molecule has 0 heterocycles. The number of ether oxygens (including phenoxy) is 1. The molecule has 1 radical (unpaired) electrons. The van der Waals surface area contributed by atoms with Gasteiger partial charge in [0.2, 0.25) is 0 Å².